The fourth-order valence-electron chi connectivity index (χ4n) is 2.66. The van der Waals surface area contributed by atoms with Crippen molar-refractivity contribution < 1.29 is 19.5 Å². The standard InChI is InChI=1S/C14H16N2O4S3/c1-7-5-23-13-10(12(18)16(13)11(7)14(19)20)15-9(17)4-8-6-21-2-3-22-8/h6,10,13H,2-5H2,1H3,(H,15,17)(H,19,20). The van der Waals surface area contributed by atoms with Crippen molar-refractivity contribution in [2.75, 3.05) is 17.3 Å². The Balaban J connectivity index is 1.63. The molecule has 3 rings (SSSR count). The predicted molar refractivity (Wildman–Crippen MR) is 93.0 cm³/mol. The largest absolute Gasteiger partial charge is 0.477 e. The first kappa shape index (κ1) is 16.8. The number of nitrogens with one attached hydrogen (secondary N) is 1. The van der Waals surface area contributed by atoms with Gasteiger partial charge in [0.1, 0.15) is 17.1 Å². The number of hydrogen-bond acceptors (Lipinski definition) is 6. The zero-order valence-electron chi connectivity index (χ0n) is 12.4. The van der Waals surface area contributed by atoms with Gasteiger partial charge in [-0.1, -0.05) is 0 Å². The van der Waals surface area contributed by atoms with Crippen LogP contribution in [0.5, 0.6) is 0 Å². The molecular weight excluding hydrogens is 356 g/mol. The minimum Gasteiger partial charge on any atom is -0.477 e. The summed E-state index contributed by atoms with van der Waals surface area (Å²) in [6, 6.07) is -0.628. The fourth-order valence-corrected chi connectivity index (χ4v) is 6.03. The molecule has 3 aliphatic rings. The summed E-state index contributed by atoms with van der Waals surface area (Å²) in [5.41, 5.74) is 0.740. The normalized spacial score (nSPS) is 27.1. The van der Waals surface area contributed by atoms with E-state index in [1.54, 1.807) is 30.4 Å². The third-order valence-corrected chi connectivity index (χ3v) is 7.48. The summed E-state index contributed by atoms with van der Waals surface area (Å²) >= 11 is 4.85. The van der Waals surface area contributed by atoms with Crippen molar-refractivity contribution in [2.24, 2.45) is 0 Å². The highest BCUT2D eigenvalue weighted by atomic mass is 32.2. The van der Waals surface area contributed by atoms with Gasteiger partial charge < -0.3 is 10.4 Å². The number of carboxylic acids is 1. The minimum atomic E-state index is -1.09. The summed E-state index contributed by atoms with van der Waals surface area (Å²) in [7, 11) is 0. The van der Waals surface area contributed by atoms with Gasteiger partial charge in [0.25, 0.3) is 5.91 Å². The summed E-state index contributed by atoms with van der Waals surface area (Å²) < 4.78 is 0. The van der Waals surface area contributed by atoms with Crippen LogP contribution in [0.15, 0.2) is 21.6 Å². The lowest BCUT2D eigenvalue weighted by molar-refractivity contribution is -0.150. The van der Waals surface area contributed by atoms with Gasteiger partial charge in [-0.15, -0.1) is 35.3 Å². The van der Waals surface area contributed by atoms with E-state index in [0.29, 0.717) is 11.3 Å². The lowest BCUT2D eigenvalue weighted by atomic mass is 10.0. The van der Waals surface area contributed by atoms with Crippen molar-refractivity contribution >= 4 is 53.1 Å². The molecule has 0 radical (unpaired) electrons. The Morgan fingerprint density at radius 1 is 1.43 bits per heavy atom. The molecule has 23 heavy (non-hydrogen) atoms. The average molecular weight is 372 g/mol. The van der Waals surface area contributed by atoms with Crippen molar-refractivity contribution in [3.63, 3.8) is 0 Å². The van der Waals surface area contributed by atoms with Crippen LogP contribution in [0.2, 0.25) is 0 Å². The highest BCUT2D eigenvalue weighted by Crippen LogP contribution is 2.40. The van der Waals surface area contributed by atoms with Gasteiger partial charge in [-0.05, 0) is 17.9 Å². The third kappa shape index (κ3) is 3.27. The third-order valence-electron chi connectivity index (χ3n) is 3.72. The number of hydrogen-bond donors (Lipinski definition) is 2. The van der Waals surface area contributed by atoms with E-state index in [9.17, 15) is 19.5 Å². The van der Waals surface area contributed by atoms with Gasteiger partial charge in [-0.2, -0.15) is 0 Å². The van der Waals surface area contributed by atoms with Gasteiger partial charge in [0.05, 0.1) is 6.42 Å². The Hall–Kier alpha value is -1.06. The van der Waals surface area contributed by atoms with Crippen molar-refractivity contribution in [2.45, 2.75) is 24.8 Å². The summed E-state index contributed by atoms with van der Waals surface area (Å²) in [5, 5.41) is 13.7. The number of carbonyl (C=O) groups is 3. The van der Waals surface area contributed by atoms with Crippen LogP contribution in [0.4, 0.5) is 0 Å². The summed E-state index contributed by atoms with van der Waals surface area (Å²) in [5.74, 6) is 0.977. The van der Waals surface area contributed by atoms with Crippen LogP contribution in [0.25, 0.3) is 0 Å². The van der Waals surface area contributed by atoms with Crippen LogP contribution < -0.4 is 5.32 Å². The van der Waals surface area contributed by atoms with E-state index < -0.39 is 12.0 Å². The highest BCUT2D eigenvalue weighted by Gasteiger charge is 2.53. The molecule has 0 saturated carbocycles. The number of nitrogens with zero attached hydrogens (tertiary/aromatic N) is 1. The van der Waals surface area contributed by atoms with E-state index in [2.05, 4.69) is 5.32 Å². The van der Waals surface area contributed by atoms with Crippen LogP contribution >= 0.6 is 35.3 Å². The van der Waals surface area contributed by atoms with E-state index in [1.807, 2.05) is 5.41 Å². The van der Waals surface area contributed by atoms with Crippen molar-refractivity contribution in [1.82, 2.24) is 10.2 Å². The lowest BCUT2D eigenvalue weighted by Crippen LogP contribution is -2.70. The maximum Gasteiger partial charge on any atom is 0.352 e. The second kappa shape index (κ2) is 6.82. The molecule has 0 aromatic rings. The number of carboxylic acid groups (broad SMARTS) is 1. The van der Waals surface area contributed by atoms with Gasteiger partial charge in [-0.3, -0.25) is 14.5 Å². The SMILES string of the molecule is CC1=C(C(=O)O)N2C(=O)C(NC(=O)CC3=CSCCS3)C2SC1. The molecule has 3 heterocycles. The number of amides is 2. The first-order valence-electron chi connectivity index (χ1n) is 7.09. The van der Waals surface area contributed by atoms with E-state index in [1.165, 1.54) is 16.7 Å². The topological polar surface area (TPSA) is 86.7 Å². The molecule has 2 N–H and O–H groups in total. The Bertz CT molecular complexity index is 632. The van der Waals surface area contributed by atoms with Crippen molar-refractivity contribution in [3.05, 3.63) is 21.6 Å². The smallest absolute Gasteiger partial charge is 0.352 e. The molecule has 124 valence electrons. The monoisotopic (exact) mass is 372 g/mol. The highest BCUT2D eigenvalue weighted by molar-refractivity contribution is 8.09. The van der Waals surface area contributed by atoms with Crippen molar-refractivity contribution in [1.29, 1.82) is 0 Å². The molecule has 2 amide bonds. The molecular formula is C14H16N2O4S3. The van der Waals surface area contributed by atoms with Crippen LogP contribution in [0, 0.1) is 0 Å². The molecule has 0 aromatic heterocycles. The van der Waals surface area contributed by atoms with E-state index in [-0.39, 0.29) is 29.3 Å². The average Bonchev–Trinajstić information content (AvgIpc) is 2.53. The Morgan fingerprint density at radius 2 is 2.22 bits per heavy atom. The molecule has 2 unspecified atom stereocenters. The molecule has 2 atom stereocenters. The number of thioether (sulfide) groups is 3. The van der Waals surface area contributed by atoms with E-state index in [0.717, 1.165) is 16.4 Å². The Morgan fingerprint density at radius 3 is 2.87 bits per heavy atom. The van der Waals surface area contributed by atoms with Gasteiger partial charge in [0, 0.05) is 22.2 Å². The van der Waals surface area contributed by atoms with Crippen LogP contribution in [0.3, 0.4) is 0 Å². The van der Waals surface area contributed by atoms with Crippen LogP contribution in [0.1, 0.15) is 13.3 Å². The van der Waals surface area contributed by atoms with Crippen LogP contribution in [-0.2, 0) is 14.4 Å². The Labute approximate surface area is 146 Å². The molecule has 1 fully saturated rings. The van der Waals surface area contributed by atoms with Gasteiger partial charge >= 0.3 is 5.97 Å². The molecule has 0 aliphatic carbocycles. The number of carbonyl (C=O) groups excluding carboxylic acids is 2. The fraction of sp³-hybridized carbons (Fsp3) is 0.500. The molecule has 3 aliphatic heterocycles. The minimum absolute atomic E-state index is 0.0613. The Kier molecular flexibility index (Phi) is 4.98. The number of rotatable bonds is 4. The summed E-state index contributed by atoms with van der Waals surface area (Å²) in [6.45, 7) is 1.72. The zero-order valence-corrected chi connectivity index (χ0v) is 14.9. The van der Waals surface area contributed by atoms with Crippen molar-refractivity contribution in [3.8, 4) is 0 Å². The molecule has 0 spiro atoms. The molecule has 9 heteroatoms. The van der Waals surface area contributed by atoms with Gasteiger partial charge in [-0.25, -0.2) is 4.79 Å². The number of aliphatic carboxylic acids is 1. The second-order valence-electron chi connectivity index (χ2n) is 5.37. The van der Waals surface area contributed by atoms with Gasteiger partial charge in [0.15, 0.2) is 0 Å². The second-order valence-corrected chi connectivity index (χ2v) is 8.67. The molecule has 0 bridgehead atoms. The summed E-state index contributed by atoms with van der Waals surface area (Å²) in [4.78, 5) is 38.0. The zero-order chi connectivity index (χ0) is 16.6. The maximum atomic E-state index is 12.3. The predicted octanol–water partition coefficient (Wildman–Crippen LogP) is 1.46. The maximum absolute atomic E-state index is 12.3. The molecule has 1 saturated heterocycles. The number of β-lactam (4-membered cyclic amide) rings is 1. The van der Waals surface area contributed by atoms with Gasteiger partial charge in [0.2, 0.25) is 5.91 Å². The lowest BCUT2D eigenvalue weighted by Gasteiger charge is -2.49. The van der Waals surface area contributed by atoms with E-state index >= 15 is 0 Å². The number of fused-ring (bicyclic) bond motifs is 1. The summed E-state index contributed by atoms with van der Waals surface area (Å²) in [6.07, 6.45) is 0.277. The first-order valence-corrected chi connectivity index (χ1v) is 10.2. The quantitative estimate of drug-likeness (QED) is 0.723. The first-order chi connectivity index (χ1) is 11.0. The molecule has 0 aromatic carbocycles. The van der Waals surface area contributed by atoms with E-state index in [4.69, 9.17) is 0 Å². The van der Waals surface area contributed by atoms with Crippen LogP contribution in [-0.4, -0.2) is 56.5 Å². The molecule has 6 nitrogen and oxygen atoms in total.